The van der Waals surface area contributed by atoms with Gasteiger partial charge in [-0.1, -0.05) is 6.07 Å². The molecule has 5 nitrogen and oxygen atoms in total. The summed E-state index contributed by atoms with van der Waals surface area (Å²) in [5.41, 5.74) is 2.84. The van der Waals surface area contributed by atoms with Crippen molar-refractivity contribution < 1.29 is 9.47 Å². The van der Waals surface area contributed by atoms with E-state index in [4.69, 9.17) is 9.47 Å². The molecule has 1 aliphatic rings. The van der Waals surface area contributed by atoms with E-state index in [1.807, 2.05) is 26.0 Å². The van der Waals surface area contributed by atoms with Crippen molar-refractivity contribution in [1.82, 2.24) is 9.55 Å². The van der Waals surface area contributed by atoms with E-state index in [1.165, 1.54) is 0 Å². The summed E-state index contributed by atoms with van der Waals surface area (Å²) in [7, 11) is 1.68. The van der Waals surface area contributed by atoms with Crippen molar-refractivity contribution in [3.63, 3.8) is 0 Å². The molecule has 0 aliphatic carbocycles. The van der Waals surface area contributed by atoms with Gasteiger partial charge in [-0.05, 0) is 37.5 Å². The Bertz CT molecular complexity index is 723. The summed E-state index contributed by atoms with van der Waals surface area (Å²) in [4.78, 5) is 17.3. The molecule has 112 valence electrons. The maximum atomic E-state index is 12.8. The van der Waals surface area contributed by atoms with Crippen molar-refractivity contribution in [3.8, 4) is 0 Å². The molecule has 0 bridgehead atoms. The Labute approximate surface area is 123 Å². The molecule has 1 saturated heterocycles. The highest BCUT2D eigenvalue weighted by atomic mass is 16.5. The number of benzene rings is 1. The number of ether oxygens (including phenoxy) is 2. The van der Waals surface area contributed by atoms with Crippen molar-refractivity contribution in [2.24, 2.45) is 0 Å². The Morgan fingerprint density at radius 3 is 2.95 bits per heavy atom. The summed E-state index contributed by atoms with van der Waals surface area (Å²) in [6.45, 7) is 5.12. The van der Waals surface area contributed by atoms with Gasteiger partial charge in [0.1, 0.15) is 0 Å². The summed E-state index contributed by atoms with van der Waals surface area (Å²) in [6.07, 6.45) is 2.40. The van der Waals surface area contributed by atoms with Crippen molar-refractivity contribution >= 4 is 10.9 Å². The van der Waals surface area contributed by atoms with Crippen LogP contribution in [0.2, 0.25) is 0 Å². The van der Waals surface area contributed by atoms with Gasteiger partial charge >= 0.3 is 0 Å². The molecule has 1 aromatic carbocycles. The third kappa shape index (κ3) is 2.47. The van der Waals surface area contributed by atoms with E-state index in [0.717, 1.165) is 23.1 Å². The highest BCUT2D eigenvalue weighted by Crippen LogP contribution is 2.22. The van der Waals surface area contributed by atoms with E-state index < -0.39 is 0 Å². The van der Waals surface area contributed by atoms with Gasteiger partial charge in [0.2, 0.25) is 0 Å². The molecule has 0 spiro atoms. The van der Waals surface area contributed by atoms with E-state index in [2.05, 4.69) is 4.98 Å². The van der Waals surface area contributed by atoms with Crippen LogP contribution in [0.4, 0.5) is 0 Å². The zero-order chi connectivity index (χ0) is 15.0. The molecular weight excluding hydrogens is 268 g/mol. The zero-order valence-electron chi connectivity index (χ0n) is 12.6. The smallest absolute Gasteiger partial charge is 0.261 e. The number of hydrogen-bond donors (Lipinski definition) is 0. The summed E-state index contributed by atoms with van der Waals surface area (Å²) < 4.78 is 12.7. The van der Waals surface area contributed by atoms with Gasteiger partial charge in [-0.25, -0.2) is 4.98 Å². The van der Waals surface area contributed by atoms with Gasteiger partial charge in [-0.15, -0.1) is 0 Å². The van der Waals surface area contributed by atoms with E-state index in [1.54, 1.807) is 18.0 Å². The highest BCUT2D eigenvalue weighted by molar-refractivity contribution is 5.81. The van der Waals surface area contributed by atoms with Crippen molar-refractivity contribution in [1.29, 1.82) is 0 Å². The Morgan fingerprint density at radius 1 is 1.38 bits per heavy atom. The first kappa shape index (κ1) is 14.2. The fourth-order valence-electron chi connectivity index (χ4n) is 3.08. The normalized spacial score (nSPS) is 22.6. The second kappa shape index (κ2) is 5.58. The molecule has 1 aromatic heterocycles. The molecule has 0 saturated carbocycles. The second-order valence-corrected chi connectivity index (χ2v) is 5.64. The first-order valence-electron chi connectivity index (χ1n) is 7.20. The van der Waals surface area contributed by atoms with Gasteiger partial charge in [0.25, 0.3) is 5.56 Å². The minimum Gasteiger partial charge on any atom is -0.379 e. The largest absolute Gasteiger partial charge is 0.379 e. The van der Waals surface area contributed by atoms with Gasteiger partial charge in [0, 0.05) is 13.7 Å². The topological polar surface area (TPSA) is 53.4 Å². The molecule has 5 heteroatoms. The lowest BCUT2D eigenvalue weighted by molar-refractivity contribution is -0.0508. The molecule has 2 heterocycles. The maximum absolute atomic E-state index is 12.8. The fourth-order valence-corrected chi connectivity index (χ4v) is 3.08. The maximum Gasteiger partial charge on any atom is 0.261 e. The van der Waals surface area contributed by atoms with E-state index in [-0.39, 0.29) is 17.7 Å². The lowest BCUT2D eigenvalue weighted by Crippen LogP contribution is -2.40. The Balaban J connectivity index is 2.15. The van der Waals surface area contributed by atoms with Crippen LogP contribution in [0.15, 0.2) is 23.3 Å². The zero-order valence-corrected chi connectivity index (χ0v) is 12.6. The van der Waals surface area contributed by atoms with Crippen LogP contribution in [0.5, 0.6) is 0 Å². The molecule has 1 aliphatic heterocycles. The fraction of sp³-hybridized carbons (Fsp3) is 0.500. The van der Waals surface area contributed by atoms with Crippen LogP contribution >= 0.6 is 0 Å². The third-order valence-electron chi connectivity index (χ3n) is 4.15. The predicted molar refractivity (Wildman–Crippen MR) is 80.7 cm³/mol. The predicted octanol–water partition coefficient (Wildman–Crippen LogP) is 1.99. The van der Waals surface area contributed by atoms with Crippen molar-refractivity contribution in [2.75, 3.05) is 20.3 Å². The van der Waals surface area contributed by atoms with Crippen molar-refractivity contribution in [3.05, 3.63) is 39.9 Å². The standard InChI is InChI=1S/C16H20N2O3/c1-10-6-11(2)15-12(7-10)16(19)18(9-17-15)13-8-21-5-4-14(13)20-3/h6-7,9,13-14H,4-5,8H2,1-3H3/t13-,14-/m1/s1. The van der Waals surface area contributed by atoms with E-state index in [9.17, 15) is 4.79 Å². The molecule has 0 amide bonds. The first-order chi connectivity index (χ1) is 10.1. The number of fused-ring (bicyclic) bond motifs is 1. The van der Waals surface area contributed by atoms with Crippen LogP contribution in [0.25, 0.3) is 10.9 Å². The Morgan fingerprint density at radius 2 is 2.19 bits per heavy atom. The first-order valence-corrected chi connectivity index (χ1v) is 7.20. The molecule has 0 N–H and O–H groups in total. The molecule has 2 atom stereocenters. The van der Waals surface area contributed by atoms with Gasteiger partial charge in [-0.2, -0.15) is 0 Å². The summed E-state index contributed by atoms with van der Waals surface area (Å²) in [5.74, 6) is 0. The number of aryl methyl sites for hydroxylation is 2. The van der Waals surface area contributed by atoms with Crippen LogP contribution in [-0.2, 0) is 9.47 Å². The van der Waals surface area contributed by atoms with Gasteiger partial charge < -0.3 is 9.47 Å². The summed E-state index contributed by atoms with van der Waals surface area (Å²) in [6, 6.07) is 3.83. The van der Waals surface area contributed by atoms with Crippen LogP contribution in [-0.4, -0.2) is 36.0 Å². The average Bonchev–Trinajstić information content (AvgIpc) is 2.48. The molecule has 0 radical (unpaired) electrons. The SMILES string of the molecule is CO[C@@H]1CCOC[C@H]1n1cnc2c(C)cc(C)cc2c1=O. The number of hydrogen-bond acceptors (Lipinski definition) is 4. The van der Waals surface area contributed by atoms with Gasteiger partial charge in [0.15, 0.2) is 0 Å². The average molecular weight is 288 g/mol. The molecular formula is C16H20N2O3. The van der Waals surface area contributed by atoms with Gasteiger partial charge in [0.05, 0.1) is 36.0 Å². The minimum absolute atomic E-state index is 0.0124. The highest BCUT2D eigenvalue weighted by Gasteiger charge is 2.28. The van der Waals surface area contributed by atoms with Crippen LogP contribution < -0.4 is 5.56 Å². The van der Waals surface area contributed by atoms with Gasteiger partial charge in [-0.3, -0.25) is 9.36 Å². The molecule has 0 unspecified atom stereocenters. The number of aromatic nitrogens is 2. The third-order valence-corrected chi connectivity index (χ3v) is 4.15. The monoisotopic (exact) mass is 288 g/mol. The summed E-state index contributed by atoms with van der Waals surface area (Å²) in [5, 5.41) is 0.662. The number of rotatable bonds is 2. The number of nitrogens with zero attached hydrogens (tertiary/aromatic N) is 2. The molecule has 21 heavy (non-hydrogen) atoms. The molecule has 2 aromatic rings. The van der Waals surface area contributed by atoms with Crippen LogP contribution in [0.1, 0.15) is 23.6 Å². The minimum atomic E-state index is -0.117. The summed E-state index contributed by atoms with van der Waals surface area (Å²) >= 11 is 0. The Kier molecular flexibility index (Phi) is 3.78. The van der Waals surface area contributed by atoms with Crippen LogP contribution in [0, 0.1) is 13.8 Å². The van der Waals surface area contributed by atoms with E-state index in [0.29, 0.717) is 18.6 Å². The Hall–Kier alpha value is -1.72. The molecule has 1 fully saturated rings. The lowest BCUT2D eigenvalue weighted by atomic mass is 10.0. The van der Waals surface area contributed by atoms with E-state index >= 15 is 0 Å². The second-order valence-electron chi connectivity index (χ2n) is 5.64. The van der Waals surface area contributed by atoms with Crippen LogP contribution in [0.3, 0.4) is 0 Å². The quantitative estimate of drug-likeness (QED) is 0.848. The van der Waals surface area contributed by atoms with Crippen molar-refractivity contribution in [2.45, 2.75) is 32.4 Å². The lowest BCUT2D eigenvalue weighted by Gasteiger charge is -2.31. The number of methoxy groups -OCH3 is 1. The molecule has 3 rings (SSSR count).